The van der Waals surface area contributed by atoms with E-state index in [0.717, 1.165) is 23.2 Å². The topological polar surface area (TPSA) is 69.6 Å². The van der Waals surface area contributed by atoms with Gasteiger partial charge < -0.3 is 5.73 Å². The Morgan fingerprint density at radius 1 is 1.35 bits per heavy atom. The third-order valence-electron chi connectivity index (χ3n) is 2.52. The fraction of sp³-hybridized carbons (Fsp3) is 0.417. The maximum atomic E-state index is 5.64. The van der Waals surface area contributed by atoms with Gasteiger partial charge in [-0.25, -0.2) is 15.0 Å². The van der Waals surface area contributed by atoms with Crippen molar-refractivity contribution in [1.82, 2.24) is 19.5 Å². The first-order chi connectivity index (χ1) is 8.11. The predicted octanol–water partition coefficient (Wildman–Crippen LogP) is 1.55. The van der Waals surface area contributed by atoms with Crippen molar-refractivity contribution in [3.05, 3.63) is 35.8 Å². The van der Waals surface area contributed by atoms with Crippen LogP contribution in [-0.2, 0) is 6.54 Å². The Morgan fingerprint density at radius 2 is 2.12 bits per heavy atom. The highest BCUT2D eigenvalue weighted by atomic mass is 15.1. The van der Waals surface area contributed by atoms with Crippen LogP contribution in [0.2, 0.25) is 0 Å². The Labute approximate surface area is 101 Å². The molecule has 2 N–H and O–H groups in total. The molecule has 0 spiro atoms. The minimum atomic E-state index is 0.304. The number of nitrogens with two attached hydrogens (primary N) is 1. The number of hydrogen-bond donors (Lipinski definition) is 1. The van der Waals surface area contributed by atoms with Gasteiger partial charge in [0.2, 0.25) is 0 Å². The van der Waals surface area contributed by atoms with Crippen molar-refractivity contribution < 1.29 is 0 Å². The molecule has 2 aromatic heterocycles. The van der Waals surface area contributed by atoms with Crippen molar-refractivity contribution in [3.8, 4) is 5.82 Å². The highest BCUT2D eigenvalue weighted by Gasteiger charge is 2.09. The van der Waals surface area contributed by atoms with Gasteiger partial charge in [0.15, 0.2) is 0 Å². The van der Waals surface area contributed by atoms with Gasteiger partial charge in [-0.1, -0.05) is 13.8 Å². The summed E-state index contributed by atoms with van der Waals surface area (Å²) in [6.45, 7) is 6.52. The van der Waals surface area contributed by atoms with Gasteiger partial charge in [-0.15, -0.1) is 0 Å². The molecule has 0 saturated carbocycles. The van der Waals surface area contributed by atoms with E-state index in [1.165, 1.54) is 0 Å². The maximum Gasteiger partial charge on any atom is 0.142 e. The molecule has 0 unspecified atom stereocenters. The molecular formula is C12H17N5. The van der Waals surface area contributed by atoms with E-state index in [1.807, 2.05) is 23.8 Å². The summed E-state index contributed by atoms with van der Waals surface area (Å²) in [4.78, 5) is 13.2. The number of imidazole rings is 1. The average molecular weight is 231 g/mol. The molecule has 0 radical (unpaired) electrons. The fourth-order valence-electron chi connectivity index (χ4n) is 1.65. The molecule has 0 atom stereocenters. The van der Waals surface area contributed by atoms with Gasteiger partial charge in [0.05, 0.1) is 6.54 Å². The van der Waals surface area contributed by atoms with Gasteiger partial charge >= 0.3 is 0 Å². The number of aromatic nitrogens is 4. The molecule has 5 heteroatoms. The molecule has 17 heavy (non-hydrogen) atoms. The van der Waals surface area contributed by atoms with Gasteiger partial charge in [0.1, 0.15) is 17.5 Å². The highest BCUT2D eigenvalue weighted by molar-refractivity contribution is 5.27. The molecule has 0 aromatic carbocycles. The van der Waals surface area contributed by atoms with Crippen molar-refractivity contribution in [2.75, 3.05) is 0 Å². The molecule has 0 aliphatic rings. The summed E-state index contributed by atoms with van der Waals surface area (Å²) < 4.78 is 1.90. The van der Waals surface area contributed by atoms with Gasteiger partial charge in [-0.2, -0.15) is 0 Å². The summed E-state index contributed by atoms with van der Waals surface area (Å²) in [6, 6.07) is 1.94. The zero-order chi connectivity index (χ0) is 12.4. The molecule has 0 aliphatic heterocycles. The summed E-state index contributed by atoms with van der Waals surface area (Å²) >= 11 is 0. The minimum Gasteiger partial charge on any atom is -0.324 e. The molecule has 0 aliphatic carbocycles. The molecule has 90 valence electrons. The summed E-state index contributed by atoms with van der Waals surface area (Å²) in [5, 5.41) is 0. The number of rotatable bonds is 3. The van der Waals surface area contributed by atoms with Gasteiger partial charge in [-0.3, -0.25) is 4.57 Å². The first-order valence-corrected chi connectivity index (χ1v) is 5.70. The second-order valence-electron chi connectivity index (χ2n) is 4.30. The van der Waals surface area contributed by atoms with Crippen LogP contribution in [0.15, 0.2) is 18.5 Å². The lowest BCUT2D eigenvalue weighted by molar-refractivity contribution is 0.745. The summed E-state index contributed by atoms with van der Waals surface area (Å²) in [5.74, 6) is 2.78. The van der Waals surface area contributed by atoms with Crippen LogP contribution < -0.4 is 5.73 Å². The van der Waals surface area contributed by atoms with Crippen LogP contribution in [0.1, 0.15) is 37.1 Å². The maximum absolute atomic E-state index is 5.64. The second kappa shape index (κ2) is 4.63. The molecule has 0 saturated heterocycles. The molecule has 2 heterocycles. The summed E-state index contributed by atoms with van der Waals surface area (Å²) in [7, 11) is 0. The monoisotopic (exact) mass is 231 g/mol. The Morgan fingerprint density at radius 3 is 2.76 bits per heavy atom. The van der Waals surface area contributed by atoms with E-state index in [4.69, 9.17) is 5.73 Å². The van der Waals surface area contributed by atoms with Crippen LogP contribution in [0, 0.1) is 6.92 Å². The standard InChI is InChI=1S/C12H17N5/c1-8(2)12-15-9(3)6-10(16-12)17-5-4-14-11(17)7-13/h4-6,8H,7,13H2,1-3H3. The van der Waals surface area contributed by atoms with E-state index >= 15 is 0 Å². The molecule has 0 amide bonds. The van der Waals surface area contributed by atoms with E-state index in [0.29, 0.717) is 12.5 Å². The lowest BCUT2D eigenvalue weighted by Crippen LogP contribution is -2.10. The smallest absolute Gasteiger partial charge is 0.142 e. The fourth-order valence-corrected chi connectivity index (χ4v) is 1.65. The SMILES string of the molecule is Cc1cc(-n2ccnc2CN)nc(C(C)C)n1. The zero-order valence-corrected chi connectivity index (χ0v) is 10.4. The lowest BCUT2D eigenvalue weighted by atomic mass is 10.2. The molecule has 0 fully saturated rings. The summed E-state index contributed by atoms with van der Waals surface area (Å²) in [5.41, 5.74) is 6.60. The number of aryl methyl sites for hydroxylation is 1. The van der Waals surface area contributed by atoms with Crippen LogP contribution >= 0.6 is 0 Å². The van der Waals surface area contributed by atoms with Gasteiger partial charge in [-0.05, 0) is 6.92 Å². The largest absolute Gasteiger partial charge is 0.324 e. The average Bonchev–Trinajstić information content (AvgIpc) is 2.76. The van der Waals surface area contributed by atoms with E-state index < -0.39 is 0 Å². The van der Waals surface area contributed by atoms with Gasteiger partial charge in [0, 0.05) is 30.1 Å². The number of nitrogens with zero attached hydrogens (tertiary/aromatic N) is 4. The zero-order valence-electron chi connectivity index (χ0n) is 10.4. The van der Waals surface area contributed by atoms with E-state index in [1.54, 1.807) is 6.20 Å². The molecule has 2 aromatic rings. The molecular weight excluding hydrogens is 214 g/mol. The minimum absolute atomic E-state index is 0.304. The van der Waals surface area contributed by atoms with Crippen molar-refractivity contribution in [1.29, 1.82) is 0 Å². The third-order valence-corrected chi connectivity index (χ3v) is 2.52. The first-order valence-electron chi connectivity index (χ1n) is 5.70. The Bertz CT molecular complexity index is 515. The molecule has 0 bridgehead atoms. The number of hydrogen-bond acceptors (Lipinski definition) is 4. The molecule has 2 rings (SSSR count). The van der Waals surface area contributed by atoms with Crippen LogP contribution in [-0.4, -0.2) is 19.5 Å². The van der Waals surface area contributed by atoms with Crippen molar-refractivity contribution in [2.24, 2.45) is 5.73 Å². The first kappa shape index (κ1) is 11.7. The lowest BCUT2D eigenvalue weighted by Gasteiger charge is -2.10. The van der Waals surface area contributed by atoms with Crippen LogP contribution in [0.4, 0.5) is 0 Å². The van der Waals surface area contributed by atoms with Crippen molar-refractivity contribution >= 4 is 0 Å². The van der Waals surface area contributed by atoms with Crippen molar-refractivity contribution in [2.45, 2.75) is 33.2 Å². The highest BCUT2D eigenvalue weighted by Crippen LogP contribution is 2.14. The Balaban J connectivity index is 2.52. The van der Waals surface area contributed by atoms with E-state index in [-0.39, 0.29) is 0 Å². The third kappa shape index (κ3) is 2.34. The van der Waals surface area contributed by atoms with E-state index in [2.05, 4.69) is 28.8 Å². The van der Waals surface area contributed by atoms with Crippen LogP contribution in [0.25, 0.3) is 5.82 Å². The predicted molar refractivity (Wildman–Crippen MR) is 65.9 cm³/mol. The van der Waals surface area contributed by atoms with Crippen molar-refractivity contribution in [3.63, 3.8) is 0 Å². The molecule has 5 nitrogen and oxygen atoms in total. The van der Waals surface area contributed by atoms with Crippen LogP contribution in [0.3, 0.4) is 0 Å². The summed E-state index contributed by atoms with van der Waals surface area (Å²) in [6.07, 6.45) is 3.60. The van der Waals surface area contributed by atoms with E-state index in [9.17, 15) is 0 Å². The quantitative estimate of drug-likeness (QED) is 0.870. The Hall–Kier alpha value is -1.75. The second-order valence-corrected chi connectivity index (χ2v) is 4.30. The van der Waals surface area contributed by atoms with Gasteiger partial charge in [0.25, 0.3) is 0 Å². The van der Waals surface area contributed by atoms with Crippen LogP contribution in [0.5, 0.6) is 0 Å². The normalized spacial score (nSPS) is 11.1. The Kier molecular flexibility index (Phi) is 3.19.